The van der Waals surface area contributed by atoms with Crippen LogP contribution in [0.1, 0.15) is 25.1 Å². The molecule has 38 heavy (non-hydrogen) atoms. The van der Waals surface area contributed by atoms with Crippen molar-refractivity contribution in [3.8, 4) is 22.9 Å². The molecule has 6 nitrogen and oxygen atoms in total. The summed E-state index contributed by atoms with van der Waals surface area (Å²) in [7, 11) is 7.27. The number of aromatic nitrogens is 2. The van der Waals surface area contributed by atoms with E-state index in [0.29, 0.717) is 23.9 Å². The Morgan fingerprint density at radius 2 is 1.61 bits per heavy atom. The number of methoxy groups -OCH3 is 2. The zero-order valence-electron chi connectivity index (χ0n) is 22.7. The molecule has 4 rings (SSSR count). The number of ether oxygens (including phenoxy) is 3. The van der Waals surface area contributed by atoms with Crippen LogP contribution >= 0.6 is 11.8 Å². The van der Waals surface area contributed by atoms with Crippen LogP contribution in [0.15, 0.2) is 78.1 Å². The van der Waals surface area contributed by atoms with Crippen LogP contribution in [-0.4, -0.2) is 50.2 Å². The van der Waals surface area contributed by atoms with Crippen LogP contribution in [0.2, 0.25) is 0 Å². The van der Waals surface area contributed by atoms with Crippen LogP contribution in [0, 0.1) is 5.82 Å². The van der Waals surface area contributed by atoms with Gasteiger partial charge in [0.2, 0.25) is 0 Å². The van der Waals surface area contributed by atoms with Crippen LogP contribution in [0.4, 0.5) is 10.1 Å². The molecule has 0 atom stereocenters. The van der Waals surface area contributed by atoms with E-state index in [1.165, 1.54) is 12.1 Å². The third kappa shape index (κ3) is 5.91. The second-order valence-electron chi connectivity index (χ2n) is 9.52. The van der Waals surface area contributed by atoms with Crippen LogP contribution in [0.5, 0.6) is 17.2 Å². The minimum atomic E-state index is -0.440. The second kappa shape index (κ2) is 11.8. The average Bonchev–Trinajstić information content (AvgIpc) is 3.36. The molecular formula is C30H34FN3O3S. The van der Waals surface area contributed by atoms with Crippen molar-refractivity contribution in [2.24, 2.45) is 0 Å². The van der Waals surface area contributed by atoms with Crippen molar-refractivity contribution >= 4 is 17.4 Å². The molecule has 200 valence electrons. The molecule has 0 amide bonds. The minimum Gasteiger partial charge on any atom is -0.493 e. The van der Waals surface area contributed by atoms with Gasteiger partial charge in [-0.3, -0.25) is 4.57 Å². The molecule has 0 saturated heterocycles. The Balaban J connectivity index is 1.59. The summed E-state index contributed by atoms with van der Waals surface area (Å²) < 4.78 is 32.8. The molecule has 1 aromatic heterocycles. The molecule has 4 aromatic rings. The van der Waals surface area contributed by atoms with Crippen molar-refractivity contribution in [2.75, 3.05) is 45.6 Å². The zero-order valence-corrected chi connectivity index (χ0v) is 23.5. The topological polar surface area (TPSA) is 48.8 Å². The van der Waals surface area contributed by atoms with Crippen molar-refractivity contribution in [3.05, 3.63) is 90.0 Å². The van der Waals surface area contributed by atoms with Crippen LogP contribution in [0.25, 0.3) is 5.69 Å². The molecule has 0 bridgehead atoms. The van der Waals surface area contributed by atoms with Crippen molar-refractivity contribution in [2.45, 2.75) is 24.4 Å². The number of imidazole rings is 1. The fourth-order valence-electron chi connectivity index (χ4n) is 4.22. The predicted molar refractivity (Wildman–Crippen MR) is 152 cm³/mol. The molecule has 0 aliphatic carbocycles. The number of halogens is 1. The Hall–Kier alpha value is -3.65. The van der Waals surface area contributed by atoms with Crippen LogP contribution in [-0.2, 0) is 5.41 Å². The highest BCUT2D eigenvalue weighted by Gasteiger charge is 2.30. The lowest BCUT2D eigenvalue weighted by Crippen LogP contribution is -2.23. The van der Waals surface area contributed by atoms with Gasteiger partial charge in [-0.05, 0) is 66.2 Å². The largest absolute Gasteiger partial charge is 0.493 e. The molecule has 0 fully saturated rings. The van der Waals surface area contributed by atoms with Gasteiger partial charge < -0.3 is 19.1 Å². The summed E-state index contributed by atoms with van der Waals surface area (Å²) in [6, 6.07) is 20.4. The highest BCUT2D eigenvalue weighted by molar-refractivity contribution is 7.99. The van der Waals surface area contributed by atoms with E-state index in [1.807, 2.05) is 62.8 Å². The maximum absolute atomic E-state index is 13.8. The quantitative estimate of drug-likeness (QED) is 0.160. The van der Waals surface area contributed by atoms with Gasteiger partial charge in [0.05, 0.1) is 32.7 Å². The smallest absolute Gasteiger partial charge is 0.172 e. The van der Waals surface area contributed by atoms with E-state index in [2.05, 4.69) is 23.3 Å². The summed E-state index contributed by atoms with van der Waals surface area (Å²) >= 11 is 1.60. The standard InChI is InChI=1S/C30H34FN3O3S/c1-30(2,21-7-16-26(35-5)27(19-21)36-6)28-20-32-29(34(28)24-10-8-22(31)9-11-24)38-18-17-37-25-14-12-23(13-15-25)33(3)4/h7-16,19-20H,17-18H2,1-6H3. The number of hydrogen-bond acceptors (Lipinski definition) is 6. The van der Waals surface area contributed by atoms with E-state index in [1.54, 1.807) is 38.1 Å². The van der Waals surface area contributed by atoms with Gasteiger partial charge in [0.25, 0.3) is 0 Å². The van der Waals surface area contributed by atoms with E-state index >= 15 is 0 Å². The van der Waals surface area contributed by atoms with Crippen molar-refractivity contribution in [3.63, 3.8) is 0 Å². The lowest BCUT2D eigenvalue weighted by Gasteiger charge is -2.28. The van der Waals surface area contributed by atoms with E-state index in [9.17, 15) is 4.39 Å². The Kier molecular flexibility index (Phi) is 8.52. The Bertz CT molecular complexity index is 1350. The maximum Gasteiger partial charge on any atom is 0.172 e. The Labute approximate surface area is 228 Å². The fraction of sp³-hybridized carbons (Fsp3) is 0.300. The van der Waals surface area contributed by atoms with E-state index in [-0.39, 0.29) is 5.82 Å². The van der Waals surface area contributed by atoms with Gasteiger partial charge in [-0.15, -0.1) is 0 Å². The Morgan fingerprint density at radius 1 is 0.921 bits per heavy atom. The SMILES string of the molecule is COc1ccc(C(C)(C)c2cnc(SCCOc3ccc(N(C)C)cc3)n2-c2ccc(F)cc2)cc1OC. The average molecular weight is 536 g/mol. The van der Waals surface area contributed by atoms with Gasteiger partial charge in [-0.1, -0.05) is 31.7 Å². The summed E-state index contributed by atoms with van der Waals surface area (Å²) in [5, 5.41) is 0.812. The number of nitrogens with zero attached hydrogens (tertiary/aromatic N) is 3. The zero-order chi connectivity index (χ0) is 27.3. The fourth-order valence-corrected chi connectivity index (χ4v) is 5.03. The molecule has 0 radical (unpaired) electrons. The molecule has 0 spiro atoms. The normalized spacial score (nSPS) is 11.3. The molecule has 3 aromatic carbocycles. The molecule has 0 unspecified atom stereocenters. The minimum absolute atomic E-state index is 0.280. The van der Waals surface area contributed by atoms with Gasteiger partial charge >= 0.3 is 0 Å². The molecule has 0 aliphatic heterocycles. The molecular weight excluding hydrogens is 501 g/mol. The van der Waals surface area contributed by atoms with Crippen molar-refractivity contribution < 1.29 is 18.6 Å². The first-order valence-electron chi connectivity index (χ1n) is 12.3. The van der Waals surface area contributed by atoms with Crippen LogP contribution < -0.4 is 19.1 Å². The van der Waals surface area contributed by atoms with Crippen LogP contribution in [0.3, 0.4) is 0 Å². The number of anilines is 1. The van der Waals surface area contributed by atoms with Gasteiger partial charge in [-0.25, -0.2) is 9.37 Å². The first-order valence-corrected chi connectivity index (χ1v) is 13.3. The summed E-state index contributed by atoms with van der Waals surface area (Å²) in [5.74, 6) is 2.58. The second-order valence-corrected chi connectivity index (χ2v) is 10.6. The summed E-state index contributed by atoms with van der Waals surface area (Å²) in [5.41, 5.74) is 3.54. The third-order valence-electron chi connectivity index (χ3n) is 6.50. The monoisotopic (exact) mass is 535 g/mol. The van der Waals surface area contributed by atoms with Gasteiger partial charge in [0.15, 0.2) is 16.7 Å². The predicted octanol–water partition coefficient (Wildman–Crippen LogP) is 6.59. The number of thioether (sulfide) groups is 1. The highest BCUT2D eigenvalue weighted by atomic mass is 32.2. The molecule has 0 saturated carbocycles. The van der Waals surface area contributed by atoms with E-state index in [0.717, 1.165) is 33.5 Å². The Morgan fingerprint density at radius 3 is 2.24 bits per heavy atom. The maximum atomic E-state index is 13.8. The van der Waals surface area contributed by atoms with Crippen molar-refractivity contribution in [1.82, 2.24) is 9.55 Å². The molecule has 0 N–H and O–H groups in total. The first kappa shape index (κ1) is 27.4. The molecule has 1 heterocycles. The summed E-state index contributed by atoms with van der Waals surface area (Å²) in [6.45, 7) is 4.80. The molecule has 8 heteroatoms. The highest BCUT2D eigenvalue weighted by Crippen LogP contribution is 2.39. The van der Waals surface area contributed by atoms with E-state index in [4.69, 9.17) is 19.2 Å². The number of benzene rings is 3. The van der Waals surface area contributed by atoms with Gasteiger partial charge in [0, 0.05) is 36.6 Å². The van der Waals surface area contributed by atoms with Gasteiger partial charge in [0.1, 0.15) is 11.6 Å². The number of hydrogen-bond donors (Lipinski definition) is 0. The summed E-state index contributed by atoms with van der Waals surface area (Å²) in [6.07, 6.45) is 1.89. The first-order chi connectivity index (χ1) is 18.2. The molecule has 0 aliphatic rings. The van der Waals surface area contributed by atoms with Crippen molar-refractivity contribution in [1.29, 1.82) is 0 Å². The lowest BCUT2D eigenvalue weighted by atomic mass is 9.81. The van der Waals surface area contributed by atoms with E-state index < -0.39 is 5.41 Å². The van der Waals surface area contributed by atoms with Gasteiger partial charge in [-0.2, -0.15) is 0 Å². The third-order valence-corrected chi connectivity index (χ3v) is 7.41. The number of rotatable bonds is 11. The lowest BCUT2D eigenvalue weighted by molar-refractivity contribution is 0.344. The summed E-state index contributed by atoms with van der Waals surface area (Å²) in [4.78, 5) is 6.83.